The highest BCUT2D eigenvalue weighted by atomic mass is 32.2. The minimum Gasteiger partial charge on any atom is -0.309 e. The van der Waals surface area contributed by atoms with Crippen LogP contribution in [0.3, 0.4) is 0 Å². The van der Waals surface area contributed by atoms with Gasteiger partial charge in [0.15, 0.2) is 11.0 Å². The minimum atomic E-state index is -0.169. The number of carbonyl (C=O) groups excluding carboxylic acids is 1. The van der Waals surface area contributed by atoms with E-state index in [1.54, 1.807) is 6.92 Å². The van der Waals surface area contributed by atoms with Gasteiger partial charge < -0.3 is 5.32 Å². The van der Waals surface area contributed by atoms with Gasteiger partial charge >= 0.3 is 0 Å². The van der Waals surface area contributed by atoms with Gasteiger partial charge in [0, 0.05) is 6.42 Å². The van der Waals surface area contributed by atoms with Gasteiger partial charge in [-0.25, -0.2) is 9.97 Å². The van der Waals surface area contributed by atoms with Gasteiger partial charge in [-0.05, 0) is 6.26 Å². The summed E-state index contributed by atoms with van der Waals surface area (Å²) in [4.78, 5) is 19.1. The molecule has 5 nitrogen and oxygen atoms in total. The predicted octanol–water partition coefficient (Wildman–Crippen LogP) is 1.42. The number of nitrogens with one attached hydrogen (secondary N) is 1. The fourth-order valence-electron chi connectivity index (χ4n) is 0.862. The molecule has 0 atom stereocenters. The van der Waals surface area contributed by atoms with E-state index in [0.29, 0.717) is 11.6 Å². The first kappa shape index (κ1) is 11.5. The van der Waals surface area contributed by atoms with Crippen molar-refractivity contribution in [1.29, 1.82) is 5.26 Å². The Morgan fingerprint density at radius 3 is 3.00 bits per heavy atom. The summed E-state index contributed by atoms with van der Waals surface area (Å²) in [6.07, 6.45) is 3.58. The van der Waals surface area contributed by atoms with Crippen LogP contribution in [0.1, 0.15) is 18.9 Å². The zero-order valence-electron chi connectivity index (χ0n) is 8.44. The Hall–Kier alpha value is -1.61. The zero-order valence-corrected chi connectivity index (χ0v) is 9.26. The van der Waals surface area contributed by atoms with E-state index >= 15 is 0 Å². The summed E-state index contributed by atoms with van der Waals surface area (Å²) in [5.41, 5.74) is 0.273. The molecule has 0 aromatic carbocycles. The molecule has 0 unspecified atom stereocenters. The van der Waals surface area contributed by atoms with Crippen molar-refractivity contribution in [2.24, 2.45) is 0 Å². The Labute approximate surface area is 91.9 Å². The molecule has 0 aliphatic rings. The lowest BCUT2D eigenvalue weighted by Crippen LogP contribution is -2.12. The molecule has 0 aliphatic heterocycles. The SMILES string of the molecule is CCC(=O)Nc1nc(SC)ncc1C#N. The lowest BCUT2D eigenvalue weighted by atomic mass is 10.3. The third-order valence-corrected chi connectivity index (χ3v) is 2.21. The van der Waals surface area contributed by atoms with Crippen LogP contribution < -0.4 is 5.32 Å². The van der Waals surface area contributed by atoms with Crippen molar-refractivity contribution in [3.8, 4) is 6.07 Å². The number of carbonyl (C=O) groups is 1. The molecule has 1 N–H and O–H groups in total. The van der Waals surface area contributed by atoms with Crippen LogP contribution in [0.5, 0.6) is 0 Å². The molecule has 15 heavy (non-hydrogen) atoms. The number of anilines is 1. The third-order valence-electron chi connectivity index (χ3n) is 1.65. The maximum Gasteiger partial charge on any atom is 0.225 e. The molecule has 0 bridgehead atoms. The van der Waals surface area contributed by atoms with Crippen molar-refractivity contribution >= 4 is 23.5 Å². The highest BCUT2D eigenvalue weighted by molar-refractivity contribution is 7.98. The highest BCUT2D eigenvalue weighted by Crippen LogP contribution is 2.15. The van der Waals surface area contributed by atoms with E-state index in [2.05, 4.69) is 15.3 Å². The molecular formula is C9H10N4OS. The average molecular weight is 222 g/mol. The standard InChI is InChI=1S/C9H10N4OS/c1-3-7(14)12-8-6(4-10)5-11-9(13-8)15-2/h5H,3H2,1-2H3,(H,11,12,13,14). The number of nitrogens with zero attached hydrogens (tertiary/aromatic N) is 3. The van der Waals surface area contributed by atoms with Crippen LogP contribution in [0, 0.1) is 11.3 Å². The summed E-state index contributed by atoms with van der Waals surface area (Å²) in [5, 5.41) is 11.9. The van der Waals surface area contributed by atoms with Gasteiger partial charge in [-0.1, -0.05) is 18.7 Å². The second kappa shape index (κ2) is 5.32. The van der Waals surface area contributed by atoms with Crippen LogP contribution in [0.25, 0.3) is 0 Å². The first-order chi connectivity index (χ1) is 7.21. The highest BCUT2D eigenvalue weighted by Gasteiger charge is 2.08. The van der Waals surface area contributed by atoms with Crippen LogP contribution in [-0.4, -0.2) is 22.1 Å². The number of nitriles is 1. The second-order valence-electron chi connectivity index (χ2n) is 2.63. The summed E-state index contributed by atoms with van der Waals surface area (Å²) in [7, 11) is 0. The quantitative estimate of drug-likeness (QED) is 0.618. The van der Waals surface area contributed by atoms with Crippen LogP contribution in [0.15, 0.2) is 11.4 Å². The van der Waals surface area contributed by atoms with Crippen LogP contribution in [0.4, 0.5) is 5.82 Å². The molecule has 1 aromatic rings. The maximum absolute atomic E-state index is 11.2. The van der Waals surface area contributed by atoms with Crippen molar-refractivity contribution in [1.82, 2.24) is 9.97 Å². The summed E-state index contributed by atoms with van der Waals surface area (Å²) < 4.78 is 0. The monoisotopic (exact) mass is 222 g/mol. The summed E-state index contributed by atoms with van der Waals surface area (Å²) >= 11 is 1.35. The fourth-order valence-corrected chi connectivity index (χ4v) is 1.20. The molecule has 6 heteroatoms. The molecule has 0 aliphatic carbocycles. The van der Waals surface area contributed by atoms with E-state index in [9.17, 15) is 4.79 Å². The Morgan fingerprint density at radius 2 is 2.47 bits per heavy atom. The van der Waals surface area contributed by atoms with E-state index < -0.39 is 0 Å². The second-order valence-corrected chi connectivity index (χ2v) is 3.41. The molecule has 0 fully saturated rings. The Bertz CT molecular complexity index is 413. The molecule has 0 saturated heterocycles. The van der Waals surface area contributed by atoms with Crippen molar-refractivity contribution in [3.05, 3.63) is 11.8 Å². The Balaban J connectivity index is 3.02. The van der Waals surface area contributed by atoms with Crippen molar-refractivity contribution in [3.63, 3.8) is 0 Å². The normalized spacial score (nSPS) is 9.40. The predicted molar refractivity (Wildman–Crippen MR) is 57.4 cm³/mol. The average Bonchev–Trinajstić information content (AvgIpc) is 2.28. The van der Waals surface area contributed by atoms with Crippen molar-refractivity contribution < 1.29 is 4.79 Å². The van der Waals surface area contributed by atoms with Gasteiger partial charge in [0.25, 0.3) is 0 Å². The van der Waals surface area contributed by atoms with Gasteiger partial charge in [0.1, 0.15) is 11.6 Å². The summed E-state index contributed by atoms with van der Waals surface area (Å²) in [6.45, 7) is 1.73. The molecule has 1 aromatic heterocycles. The van der Waals surface area contributed by atoms with E-state index in [-0.39, 0.29) is 17.3 Å². The lowest BCUT2D eigenvalue weighted by Gasteiger charge is -2.05. The van der Waals surface area contributed by atoms with Gasteiger partial charge in [-0.2, -0.15) is 5.26 Å². The minimum absolute atomic E-state index is 0.169. The van der Waals surface area contributed by atoms with Gasteiger partial charge in [0.05, 0.1) is 6.20 Å². The maximum atomic E-state index is 11.2. The third kappa shape index (κ3) is 2.92. The molecular weight excluding hydrogens is 212 g/mol. The van der Waals surface area contributed by atoms with Gasteiger partial charge in [-0.15, -0.1) is 0 Å². The van der Waals surface area contributed by atoms with E-state index in [0.717, 1.165) is 0 Å². The topological polar surface area (TPSA) is 78.7 Å². The van der Waals surface area contributed by atoms with Gasteiger partial charge in [0.2, 0.25) is 5.91 Å². The zero-order chi connectivity index (χ0) is 11.3. The van der Waals surface area contributed by atoms with Crippen LogP contribution in [-0.2, 0) is 4.79 Å². The number of rotatable bonds is 3. The molecule has 0 spiro atoms. The van der Waals surface area contributed by atoms with Crippen LogP contribution >= 0.6 is 11.8 Å². The van der Waals surface area contributed by atoms with Gasteiger partial charge in [-0.3, -0.25) is 4.79 Å². The molecule has 78 valence electrons. The summed E-state index contributed by atoms with van der Waals surface area (Å²) in [5.74, 6) is 0.112. The molecule has 0 radical (unpaired) electrons. The fraction of sp³-hybridized carbons (Fsp3) is 0.333. The molecule has 1 heterocycles. The largest absolute Gasteiger partial charge is 0.309 e. The van der Waals surface area contributed by atoms with E-state index in [1.807, 2.05) is 12.3 Å². The Morgan fingerprint density at radius 1 is 1.73 bits per heavy atom. The van der Waals surface area contributed by atoms with E-state index in [4.69, 9.17) is 5.26 Å². The number of thioether (sulfide) groups is 1. The van der Waals surface area contributed by atoms with Crippen molar-refractivity contribution in [2.75, 3.05) is 11.6 Å². The smallest absolute Gasteiger partial charge is 0.225 e. The van der Waals surface area contributed by atoms with E-state index in [1.165, 1.54) is 18.0 Å². The summed E-state index contributed by atoms with van der Waals surface area (Å²) in [6, 6.07) is 1.93. The first-order valence-corrected chi connectivity index (χ1v) is 5.54. The molecule has 0 saturated carbocycles. The van der Waals surface area contributed by atoms with Crippen LogP contribution in [0.2, 0.25) is 0 Å². The number of aromatic nitrogens is 2. The number of hydrogen-bond acceptors (Lipinski definition) is 5. The molecule has 1 rings (SSSR count). The van der Waals surface area contributed by atoms with Crippen molar-refractivity contribution in [2.45, 2.75) is 18.5 Å². The lowest BCUT2D eigenvalue weighted by molar-refractivity contribution is -0.115. The number of hydrogen-bond donors (Lipinski definition) is 1. The first-order valence-electron chi connectivity index (χ1n) is 4.32. The number of amides is 1. The molecule has 1 amide bonds. The Kier molecular flexibility index (Phi) is 4.06.